The molecule has 0 saturated heterocycles. The number of fused-ring (bicyclic) bond motifs is 7. The number of rotatable bonds is 1. The molecule has 0 heterocycles. The molecule has 0 unspecified atom stereocenters. The van der Waals surface area contributed by atoms with E-state index in [4.69, 9.17) is 0 Å². The van der Waals surface area contributed by atoms with E-state index in [1.165, 1.54) is 18.4 Å². The molecule has 8 atom stereocenters. The van der Waals surface area contributed by atoms with E-state index < -0.39 is 11.4 Å². The van der Waals surface area contributed by atoms with Crippen molar-refractivity contribution in [1.29, 1.82) is 0 Å². The van der Waals surface area contributed by atoms with Crippen molar-refractivity contribution in [2.45, 2.75) is 119 Å². The van der Waals surface area contributed by atoms with E-state index in [0.717, 1.165) is 51.4 Å². The van der Waals surface area contributed by atoms with Crippen LogP contribution >= 0.6 is 0 Å². The van der Waals surface area contributed by atoms with E-state index in [0.29, 0.717) is 11.8 Å². The average molecular weight is 457 g/mol. The van der Waals surface area contributed by atoms with Crippen LogP contribution in [0.15, 0.2) is 11.6 Å². The molecule has 4 fully saturated rings. The molecule has 3 nitrogen and oxygen atoms in total. The van der Waals surface area contributed by atoms with Gasteiger partial charge >= 0.3 is 5.97 Å². The Hall–Kier alpha value is -0.830. The molecule has 33 heavy (non-hydrogen) atoms. The Morgan fingerprint density at radius 3 is 2.21 bits per heavy atom. The van der Waals surface area contributed by atoms with Gasteiger partial charge in [0, 0.05) is 0 Å². The predicted octanol–water partition coefficient (Wildman–Crippen LogP) is 7.23. The molecular formula is C30H48O3. The fraction of sp³-hybridized carbons (Fsp3) is 0.900. The zero-order valence-electron chi connectivity index (χ0n) is 22.3. The van der Waals surface area contributed by atoms with Crippen molar-refractivity contribution in [3.8, 4) is 0 Å². The van der Waals surface area contributed by atoms with Crippen LogP contribution in [0, 0.1) is 50.2 Å². The zero-order valence-corrected chi connectivity index (χ0v) is 22.3. The maximum Gasteiger partial charge on any atom is 0.310 e. The second-order valence-electron chi connectivity index (χ2n) is 15.2. The molecule has 5 rings (SSSR count). The molecule has 0 radical (unpaired) electrons. The lowest BCUT2D eigenvalue weighted by atomic mass is 9.33. The molecule has 0 amide bonds. The Kier molecular flexibility index (Phi) is 4.99. The summed E-state index contributed by atoms with van der Waals surface area (Å²) in [4.78, 5) is 12.8. The number of aliphatic carboxylic acids is 1. The third-order valence-corrected chi connectivity index (χ3v) is 12.7. The topological polar surface area (TPSA) is 57.5 Å². The summed E-state index contributed by atoms with van der Waals surface area (Å²) >= 11 is 0. The summed E-state index contributed by atoms with van der Waals surface area (Å²) in [6.07, 6.45) is 12.4. The maximum atomic E-state index is 12.8. The van der Waals surface area contributed by atoms with E-state index >= 15 is 0 Å². The minimum Gasteiger partial charge on any atom is -0.481 e. The van der Waals surface area contributed by atoms with Gasteiger partial charge in [0.05, 0.1) is 11.5 Å². The van der Waals surface area contributed by atoms with Crippen LogP contribution in [0.2, 0.25) is 0 Å². The van der Waals surface area contributed by atoms with Gasteiger partial charge in [-0.3, -0.25) is 4.79 Å². The third-order valence-electron chi connectivity index (χ3n) is 12.7. The van der Waals surface area contributed by atoms with Gasteiger partial charge in [0.25, 0.3) is 0 Å². The number of hydrogen-bond acceptors (Lipinski definition) is 2. The number of carboxylic acids is 1. The highest BCUT2D eigenvalue weighted by molar-refractivity contribution is 5.76. The number of carbonyl (C=O) groups is 1. The molecule has 0 aromatic rings. The number of hydrogen-bond donors (Lipinski definition) is 2. The Morgan fingerprint density at radius 1 is 0.879 bits per heavy atom. The van der Waals surface area contributed by atoms with Crippen LogP contribution in [0.5, 0.6) is 0 Å². The molecule has 0 aliphatic heterocycles. The summed E-state index contributed by atoms with van der Waals surface area (Å²) in [5.41, 5.74) is 1.70. The number of aliphatic hydroxyl groups is 1. The standard InChI is InChI=1S/C30H48O3/c1-25(2)12-14-30(24(32)33)15-13-28(6)20(21(30)18-25)8-9-23-27(5)17-19(31)16-26(3,4)22(27)10-11-29(23,28)7/h8,19,21-23,31H,9-18H2,1-7H3,(H,32,33)/t19-,21+,22+,23-,27+,28-,29-,30+/m1/s1. The summed E-state index contributed by atoms with van der Waals surface area (Å²) < 4.78 is 0. The van der Waals surface area contributed by atoms with Crippen LogP contribution in [-0.2, 0) is 4.79 Å². The Balaban J connectivity index is 1.61. The van der Waals surface area contributed by atoms with Gasteiger partial charge in [0.1, 0.15) is 0 Å². The Labute approximate surface area is 201 Å². The molecule has 0 bridgehead atoms. The van der Waals surface area contributed by atoms with Crippen LogP contribution in [0.4, 0.5) is 0 Å². The van der Waals surface area contributed by atoms with E-state index in [2.05, 4.69) is 54.5 Å². The van der Waals surface area contributed by atoms with Crippen LogP contribution in [0.25, 0.3) is 0 Å². The summed E-state index contributed by atoms with van der Waals surface area (Å²) in [6.45, 7) is 17.0. The first-order chi connectivity index (χ1) is 15.1. The molecular weight excluding hydrogens is 408 g/mol. The molecule has 0 aromatic carbocycles. The maximum absolute atomic E-state index is 12.8. The highest BCUT2D eigenvalue weighted by atomic mass is 16.4. The molecule has 0 aromatic heterocycles. The largest absolute Gasteiger partial charge is 0.481 e. The van der Waals surface area contributed by atoms with E-state index in [9.17, 15) is 15.0 Å². The number of carboxylic acid groups (broad SMARTS) is 1. The smallest absolute Gasteiger partial charge is 0.310 e. The monoisotopic (exact) mass is 456 g/mol. The van der Waals surface area contributed by atoms with Gasteiger partial charge in [-0.1, -0.05) is 60.1 Å². The zero-order chi connectivity index (χ0) is 24.2. The van der Waals surface area contributed by atoms with Gasteiger partial charge in [-0.2, -0.15) is 0 Å². The van der Waals surface area contributed by atoms with Crippen molar-refractivity contribution in [2.24, 2.45) is 50.2 Å². The normalized spacial score (nSPS) is 52.4. The SMILES string of the molecule is CC1(C)CC[C@]2(C(=O)O)CC[C@]3(C)C(=CC[C@@H]4[C@@]5(C)C[C@H](O)CC(C)(C)[C@@H]5CC[C@]43C)[C@@H]2C1. The van der Waals surface area contributed by atoms with Crippen LogP contribution in [0.1, 0.15) is 113 Å². The lowest BCUT2D eigenvalue weighted by molar-refractivity contribution is -0.200. The quantitative estimate of drug-likeness (QED) is 0.409. The second-order valence-corrected chi connectivity index (χ2v) is 15.2. The van der Waals surface area contributed by atoms with Crippen LogP contribution in [-0.4, -0.2) is 22.3 Å². The summed E-state index contributed by atoms with van der Waals surface area (Å²) in [7, 11) is 0. The van der Waals surface area contributed by atoms with Crippen molar-refractivity contribution in [3.05, 3.63) is 11.6 Å². The van der Waals surface area contributed by atoms with Crippen molar-refractivity contribution >= 4 is 5.97 Å². The van der Waals surface area contributed by atoms with Gasteiger partial charge in [0.15, 0.2) is 0 Å². The van der Waals surface area contributed by atoms with Gasteiger partial charge in [0.2, 0.25) is 0 Å². The van der Waals surface area contributed by atoms with E-state index in [-0.39, 0.29) is 39.1 Å². The molecule has 186 valence electrons. The number of allylic oxidation sites excluding steroid dienone is 2. The van der Waals surface area contributed by atoms with Gasteiger partial charge in [-0.05, 0) is 109 Å². The molecule has 0 spiro atoms. The highest BCUT2D eigenvalue weighted by Crippen LogP contribution is 2.75. The fourth-order valence-electron chi connectivity index (χ4n) is 10.9. The molecule has 4 saturated carbocycles. The molecule has 2 N–H and O–H groups in total. The first-order valence-electron chi connectivity index (χ1n) is 13.7. The lowest BCUT2D eigenvalue weighted by Gasteiger charge is -2.71. The second kappa shape index (κ2) is 6.89. The highest BCUT2D eigenvalue weighted by Gasteiger charge is 2.69. The molecule has 5 aliphatic carbocycles. The van der Waals surface area contributed by atoms with Gasteiger partial charge in [-0.25, -0.2) is 0 Å². The fourth-order valence-corrected chi connectivity index (χ4v) is 10.9. The predicted molar refractivity (Wildman–Crippen MR) is 133 cm³/mol. The minimum absolute atomic E-state index is 0.0630. The van der Waals surface area contributed by atoms with Gasteiger partial charge in [-0.15, -0.1) is 0 Å². The molecule has 5 aliphatic rings. The lowest BCUT2D eigenvalue weighted by Crippen LogP contribution is -2.64. The van der Waals surface area contributed by atoms with Crippen molar-refractivity contribution in [1.82, 2.24) is 0 Å². The average Bonchev–Trinajstić information content (AvgIpc) is 2.66. The molecule has 3 heteroatoms. The van der Waals surface area contributed by atoms with E-state index in [1.807, 2.05) is 0 Å². The van der Waals surface area contributed by atoms with Crippen molar-refractivity contribution in [2.75, 3.05) is 0 Å². The van der Waals surface area contributed by atoms with Crippen LogP contribution in [0.3, 0.4) is 0 Å². The van der Waals surface area contributed by atoms with Crippen molar-refractivity contribution < 1.29 is 15.0 Å². The van der Waals surface area contributed by atoms with Crippen molar-refractivity contribution in [3.63, 3.8) is 0 Å². The summed E-state index contributed by atoms with van der Waals surface area (Å²) in [5.74, 6) is 0.834. The Morgan fingerprint density at radius 2 is 1.55 bits per heavy atom. The van der Waals surface area contributed by atoms with Crippen LogP contribution < -0.4 is 0 Å². The first-order valence-corrected chi connectivity index (χ1v) is 13.7. The first kappa shape index (κ1) is 23.9. The summed E-state index contributed by atoms with van der Waals surface area (Å²) in [6, 6.07) is 0. The summed E-state index contributed by atoms with van der Waals surface area (Å²) in [5, 5.41) is 21.4. The minimum atomic E-state index is -0.561. The van der Waals surface area contributed by atoms with E-state index in [1.54, 1.807) is 0 Å². The number of aliphatic hydroxyl groups excluding tert-OH is 1. The Bertz CT molecular complexity index is 885. The van der Waals surface area contributed by atoms with Gasteiger partial charge < -0.3 is 10.2 Å². The third kappa shape index (κ3) is 2.99.